The standard InChI is InChI=1S/C13H11F3N6O2/c1-21-12(23)22(20-19-21)10-4-2-3-9(13(14,15)16)8(10)7-24-11-5-6-17-18-11/h2-6H,7H2,1H3,(H,17,18). The third-order valence-electron chi connectivity index (χ3n) is 3.25. The van der Waals surface area contributed by atoms with Crippen LogP contribution in [0.1, 0.15) is 11.1 Å². The highest BCUT2D eigenvalue weighted by Gasteiger charge is 2.35. The number of benzene rings is 1. The number of rotatable bonds is 4. The minimum Gasteiger partial charge on any atom is -0.473 e. The largest absolute Gasteiger partial charge is 0.473 e. The first-order chi connectivity index (χ1) is 11.4. The van der Waals surface area contributed by atoms with Crippen molar-refractivity contribution in [3.8, 4) is 11.6 Å². The molecule has 0 atom stereocenters. The van der Waals surface area contributed by atoms with Gasteiger partial charge in [-0.1, -0.05) is 6.07 Å². The number of tetrazole rings is 1. The van der Waals surface area contributed by atoms with Gasteiger partial charge in [-0.3, -0.25) is 0 Å². The van der Waals surface area contributed by atoms with Gasteiger partial charge in [-0.15, -0.1) is 0 Å². The van der Waals surface area contributed by atoms with Gasteiger partial charge in [-0.25, -0.2) is 9.89 Å². The van der Waals surface area contributed by atoms with Gasteiger partial charge < -0.3 is 4.74 Å². The number of halogens is 3. The van der Waals surface area contributed by atoms with Crippen LogP contribution in [0.2, 0.25) is 0 Å². The fourth-order valence-electron chi connectivity index (χ4n) is 2.13. The summed E-state index contributed by atoms with van der Waals surface area (Å²) in [6.07, 6.45) is -3.21. The van der Waals surface area contributed by atoms with Crippen molar-refractivity contribution in [1.82, 2.24) is 30.0 Å². The highest BCUT2D eigenvalue weighted by Crippen LogP contribution is 2.34. The molecule has 126 valence electrons. The van der Waals surface area contributed by atoms with E-state index < -0.39 is 24.0 Å². The maximum Gasteiger partial charge on any atom is 0.416 e. The van der Waals surface area contributed by atoms with Crippen molar-refractivity contribution < 1.29 is 17.9 Å². The number of aromatic amines is 1. The molecule has 1 N–H and O–H groups in total. The van der Waals surface area contributed by atoms with Gasteiger partial charge in [0.15, 0.2) is 0 Å². The zero-order valence-corrected chi connectivity index (χ0v) is 12.3. The van der Waals surface area contributed by atoms with Crippen molar-refractivity contribution in [1.29, 1.82) is 0 Å². The Morgan fingerprint density at radius 2 is 2.04 bits per heavy atom. The summed E-state index contributed by atoms with van der Waals surface area (Å²) in [5.41, 5.74) is -1.88. The van der Waals surface area contributed by atoms with E-state index in [4.69, 9.17) is 4.74 Å². The van der Waals surface area contributed by atoms with Crippen LogP contribution >= 0.6 is 0 Å². The molecule has 0 bridgehead atoms. The lowest BCUT2D eigenvalue weighted by Crippen LogP contribution is -2.24. The molecular formula is C13H11F3N6O2. The molecule has 2 aromatic heterocycles. The molecule has 24 heavy (non-hydrogen) atoms. The van der Waals surface area contributed by atoms with Crippen LogP contribution in [0.15, 0.2) is 35.3 Å². The predicted octanol–water partition coefficient (Wildman–Crippen LogP) is 1.29. The second-order valence-electron chi connectivity index (χ2n) is 4.81. The SMILES string of the molecule is Cn1nnn(-c2cccc(C(F)(F)F)c2COc2ccn[nH]2)c1=O. The predicted molar refractivity (Wildman–Crippen MR) is 74.5 cm³/mol. The normalized spacial score (nSPS) is 11.7. The molecule has 2 heterocycles. The number of alkyl halides is 3. The van der Waals surface area contributed by atoms with Crippen molar-refractivity contribution in [2.45, 2.75) is 12.8 Å². The van der Waals surface area contributed by atoms with Crippen LogP contribution in [-0.4, -0.2) is 30.0 Å². The van der Waals surface area contributed by atoms with E-state index in [1.54, 1.807) is 0 Å². The Labute approximate surface area is 132 Å². The first kappa shape index (κ1) is 15.8. The summed E-state index contributed by atoms with van der Waals surface area (Å²) < 4.78 is 46.9. The molecule has 0 unspecified atom stereocenters. The maximum absolute atomic E-state index is 13.3. The van der Waals surface area contributed by atoms with Gasteiger partial charge in [0.2, 0.25) is 5.88 Å². The van der Waals surface area contributed by atoms with Crippen LogP contribution in [0.25, 0.3) is 5.69 Å². The Morgan fingerprint density at radius 3 is 2.62 bits per heavy atom. The Kier molecular flexibility index (Phi) is 3.83. The van der Waals surface area contributed by atoms with Crippen molar-refractivity contribution >= 4 is 0 Å². The number of H-pyrrole nitrogens is 1. The van der Waals surface area contributed by atoms with E-state index >= 15 is 0 Å². The molecule has 3 aromatic rings. The molecule has 3 rings (SSSR count). The van der Waals surface area contributed by atoms with Gasteiger partial charge in [0.1, 0.15) is 6.61 Å². The van der Waals surface area contributed by atoms with Crippen molar-refractivity contribution in [3.63, 3.8) is 0 Å². The first-order valence-electron chi connectivity index (χ1n) is 6.68. The molecule has 0 fully saturated rings. The summed E-state index contributed by atoms with van der Waals surface area (Å²) >= 11 is 0. The lowest BCUT2D eigenvalue weighted by Gasteiger charge is -2.16. The van der Waals surface area contributed by atoms with Crippen LogP contribution in [0, 0.1) is 0 Å². The third kappa shape index (κ3) is 2.87. The fourth-order valence-corrected chi connectivity index (χ4v) is 2.13. The van der Waals surface area contributed by atoms with Crippen LogP contribution in [-0.2, 0) is 19.8 Å². The van der Waals surface area contributed by atoms with E-state index in [1.807, 2.05) is 0 Å². The average molecular weight is 340 g/mol. The van der Waals surface area contributed by atoms with Gasteiger partial charge in [0.05, 0.1) is 17.4 Å². The quantitative estimate of drug-likeness (QED) is 0.773. The zero-order valence-electron chi connectivity index (χ0n) is 12.3. The van der Waals surface area contributed by atoms with E-state index in [0.717, 1.165) is 15.4 Å². The summed E-state index contributed by atoms with van der Waals surface area (Å²) in [5, 5.41) is 13.2. The van der Waals surface area contributed by atoms with E-state index in [9.17, 15) is 18.0 Å². The number of nitrogens with zero attached hydrogens (tertiary/aromatic N) is 5. The second-order valence-corrected chi connectivity index (χ2v) is 4.81. The molecule has 0 aliphatic carbocycles. The summed E-state index contributed by atoms with van der Waals surface area (Å²) in [6, 6.07) is 4.91. The van der Waals surface area contributed by atoms with Crippen molar-refractivity contribution in [3.05, 3.63) is 52.1 Å². The fraction of sp³-hybridized carbons (Fsp3) is 0.231. The molecule has 0 spiro atoms. The van der Waals surface area contributed by atoms with E-state index in [1.165, 1.54) is 31.4 Å². The Balaban J connectivity index is 2.11. The number of hydrogen-bond donors (Lipinski definition) is 1. The van der Waals surface area contributed by atoms with Crippen LogP contribution in [0.4, 0.5) is 13.2 Å². The number of aromatic nitrogens is 6. The van der Waals surface area contributed by atoms with Crippen LogP contribution in [0.5, 0.6) is 5.88 Å². The van der Waals surface area contributed by atoms with Gasteiger partial charge in [0.25, 0.3) is 0 Å². The monoisotopic (exact) mass is 340 g/mol. The third-order valence-corrected chi connectivity index (χ3v) is 3.25. The molecular weight excluding hydrogens is 329 g/mol. The van der Waals surface area contributed by atoms with Gasteiger partial charge in [-0.2, -0.15) is 27.6 Å². The molecule has 1 aromatic carbocycles. The molecule has 0 aliphatic rings. The van der Waals surface area contributed by atoms with Crippen molar-refractivity contribution in [2.24, 2.45) is 7.05 Å². The summed E-state index contributed by atoms with van der Waals surface area (Å²) in [7, 11) is 1.35. The van der Waals surface area contributed by atoms with Crippen LogP contribution in [0.3, 0.4) is 0 Å². The highest BCUT2D eigenvalue weighted by atomic mass is 19.4. The average Bonchev–Trinajstić information content (AvgIpc) is 3.15. The Morgan fingerprint density at radius 1 is 1.25 bits per heavy atom. The number of hydrogen-bond acceptors (Lipinski definition) is 5. The minimum absolute atomic E-state index is 0.0533. The molecule has 0 radical (unpaired) electrons. The van der Waals surface area contributed by atoms with Crippen molar-refractivity contribution in [2.75, 3.05) is 0 Å². The molecule has 11 heteroatoms. The van der Waals surface area contributed by atoms with Gasteiger partial charge in [-0.05, 0) is 22.6 Å². The highest BCUT2D eigenvalue weighted by molar-refractivity contribution is 5.46. The van der Waals surface area contributed by atoms with Crippen LogP contribution < -0.4 is 10.4 Å². The lowest BCUT2D eigenvalue weighted by molar-refractivity contribution is -0.138. The molecule has 0 saturated carbocycles. The molecule has 8 nitrogen and oxygen atoms in total. The summed E-state index contributed by atoms with van der Waals surface area (Å²) in [5.74, 6) is 0.199. The molecule has 0 amide bonds. The summed E-state index contributed by atoms with van der Waals surface area (Å²) in [6.45, 7) is -0.434. The lowest BCUT2D eigenvalue weighted by atomic mass is 10.1. The minimum atomic E-state index is -4.62. The molecule has 0 saturated heterocycles. The topological polar surface area (TPSA) is 90.6 Å². The first-order valence-corrected chi connectivity index (χ1v) is 6.68. The number of aryl methyl sites for hydroxylation is 1. The second kappa shape index (κ2) is 5.83. The van der Waals surface area contributed by atoms with E-state index in [2.05, 4.69) is 20.6 Å². The van der Waals surface area contributed by atoms with E-state index in [-0.39, 0.29) is 17.1 Å². The molecule has 0 aliphatic heterocycles. The van der Waals surface area contributed by atoms with Gasteiger partial charge >= 0.3 is 11.9 Å². The van der Waals surface area contributed by atoms with Gasteiger partial charge in [0, 0.05) is 18.7 Å². The maximum atomic E-state index is 13.3. The Bertz CT molecular complexity index is 897. The van der Waals surface area contributed by atoms with E-state index in [0.29, 0.717) is 0 Å². The number of ether oxygens (including phenoxy) is 1. The summed E-state index contributed by atoms with van der Waals surface area (Å²) in [4.78, 5) is 12.0. The zero-order chi connectivity index (χ0) is 17.3. The Hall–Kier alpha value is -3.11. The number of nitrogens with one attached hydrogen (secondary N) is 1. The smallest absolute Gasteiger partial charge is 0.416 e.